The van der Waals surface area contributed by atoms with Crippen LogP contribution in [0.2, 0.25) is 0 Å². The smallest absolute Gasteiger partial charge is 0.263 e. The van der Waals surface area contributed by atoms with E-state index in [9.17, 15) is 4.79 Å². The number of hydrogen-bond acceptors (Lipinski definition) is 1. The Morgan fingerprint density at radius 2 is 1.60 bits per heavy atom. The molecule has 0 unspecified atom stereocenters. The van der Waals surface area contributed by atoms with Crippen molar-refractivity contribution in [1.29, 1.82) is 0 Å². The third-order valence-electron chi connectivity index (χ3n) is 5.28. The van der Waals surface area contributed by atoms with Crippen molar-refractivity contribution < 1.29 is 4.79 Å². The van der Waals surface area contributed by atoms with Crippen LogP contribution < -0.4 is 0 Å². The first-order valence-electron chi connectivity index (χ1n) is 8.51. The van der Waals surface area contributed by atoms with Gasteiger partial charge >= 0.3 is 0 Å². The summed E-state index contributed by atoms with van der Waals surface area (Å²) in [5.74, 6) is 0.0726. The SMILES string of the molecule is CC1=C(c2ccc3ccccc3c2)C(=O)n2c1cc1c(C)cccc12. The van der Waals surface area contributed by atoms with Crippen LogP contribution in [0.25, 0.3) is 32.8 Å². The maximum atomic E-state index is 13.2. The first kappa shape index (κ1) is 14.2. The van der Waals surface area contributed by atoms with Gasteiger partial charge in [-0.1, -0.05) is 48.5 Å². The highest BCUT2D eigenvalue weighted by Gasteiger charge is 2.30. The first-order valence-corrected chi connectivity index (χ1v) is 8.51. The van der Waals surface area contributed by atoms with E-state index in [1.54, 1.807) is 0 Å². The van der Waals surface area contributed by atoms with E-state index in [1.165, 1.54) is 10.9 Å². The molecule has 0 saturated carbocycles. The zero-order chi connectivity index (χ0) is 17.1. The molecule has 0 radical (unpaired) electrons. The number of carbonyl (C=O) groups is 1. The van der Waals surface area contributed by atoms with Crippen LogP contribution in [0.15, 0.2) is 66.7 Å². The number of aromatic nitrogens is 1. The molecule has 2 heteroatoms. The van der Waals surface area contributed by atoms with Gasteiger partial charge in [-0.25, -0.2) is 0 Å². The van der Waals surface area contributed by atoms with E-state index in [-0.39, 0.29) is 5.91 Å². The number of nitrogens with zero attached hydrogens (tertiary/aromatic N) is 1. The Balaban J connectivity index is 1.75. The van der Waals surface area contributed by atoms with E-state index < -0.39 is 0 Å². The predicted octanol–water partition coefficient (Wildman–Crippen LogP) is 5.69. The summed E-state index contributed by atoms with van der Waals surface area (Å²) < 4.78 is 1.86. The highest BCUT2D eigenvalue weighted by atomic mass is 16.2. The first-order chi connectivity index (χ1) is 12.1. The molecule has 0 saturated heterocycles. The number of aryl methyl sites for hydroxylation is 1. The average molecular weight is 323 g/mol. The molecule has 2 nitrogen and oxygen atoms in total. The van der Waals surface area contributed by atoms with Gasteiger partial charge in [-0.2, -0.15) is 0 Å². The van der Waals surface area contributed by atoms with Gasteiger partial charge in [-0.05, 0) is 59.5 Å². The second-order valence-electron chi connectivity index (χ2n) is 6.74. The Morgan fingerprint density at radius 3 is 2.44 bits per heavy atom. The molecular weight excluding hydrogens is 306 g/mol. The van der Waals surface area contributed by atoms with Crippen LogP contribution in [-0.2, 0) is 0 Å². The summed E-state index contributed by atoms with van der Waals surface area (Å²) in [5.41, 5.74) is 6.06. The van der Waals surface area contributed by atoms with Gasteiger partial charge in [-0.3, -0.25) is 9.36 Å². The van der Waals surface area contributed by atoms with Crippen molar-refractivity contribution in [3.8, 4) is 0 Å². The Hall–Kier alpha value is -3.13. The van der Waals surface area contributed by atoms with Gasteiger partial charge in [0.1, 0.15) is 0 Å². The summed E-state index contributed by atoms with van der Waals surface area (Å²) >= 11 is 0. The van der Waals surface area contributed by atoms with Crippen LogP contribution in [0.3, 0.4) is 0 Å². The largest absolute Gasteiger partial charge is 0.276 e. The van der Waals surface area contributed by atoms with Crippen molar-refractivity contribution in [3.63, 3.8) is 0 Å². The average Bonchev–Trinajstić information content (AvgIpc) is 3.12. The van der Waals surface area contributed by atoms with Crippen LogP contribution in [-0.4, -0.2) is 10.5 Å². The Labute approximate surface area is 146 Å². The number of hydrogen-bond donors (Lipinski definition) is 0. The number of rotatable bonds is 1. The van der Waals surface area contributed by atoms with Gasteiger partial charge in [0, 0.05) is 5.39 Å². The van der Waals surface area contributed by atoms with Gasteiger partial charge < -0.3 is 0 Å². The second kappa shape index (κ2) is 4.93. The van der Waals surface area contributed by atoms with Crippen LogP contribution >= 0.6 is 0 Å². The minimum Gasteiger partial charge on any atom is -0.276 e. The molecule has 0 spiro atoms. The lowest BCUT2D eigenvalue weighted by Gasteiger charge is -2.07. The fourth-order valence-corrected chi connectivity index (χ4v) is 3.96. The number of carbonyl (C=O) groups excluding carboxylic acids is 1. The molecule has 3 aromatic carbocycles. The summed E-state index contributed by atoms with van der Waals surface area (Å²) in [6.07, 6.45) is 0. The minimum absolute atomic E-state index is 0.0726. The summed E-state index contributed by atoms with van der Waals surface area (Å²) in [7, 11) is 0. The monoisotopic (exact) mass is 323 g/mol. The summed E-state index contributed by atoms with van der Waals surface area (Å²) in [5, 5.41) is 3.50. The van der Waals surface area contributed by atoms with Crippen LogP contribution in [0.4, 0.5) is 0 Å². The molecule has 0 aliphatic carbocycles. The van der Waals surface area contributed by atoms with Crippen LogP contribution in [0.1, 0.15) is 28.5 Å². The third kappa shape index (κ3) is 1.88. The second-order valence-corrected chi connectivity index (χ2v) is 6.74. The highest BCUT2D eigenvalue weighted by molar-refractivity contribution is 6.33. The fraction of sp³-hybridized carbons (Fsp3) is 0.0870. The number of fused-ring (bicyclic) bond motifs is 4. The minimum atomic E-state index is 0.0726. The number of allylic oxidation sites excluding steroid dienone is 2. The molecule has 2 heterocycles. The molecule has 4 aromatic rings. The Bertz CT molecular complexity index is 1220. The normalized spacial score (nSPS) is 13.9. The molecule has 1 aliphatic heterocycles. The highest BCUT2D eigenvalue weighted by Crippen LogP contribution is 2.39. The zero-order valence-corrected chi connectivity index (χ0v) is 14.2. The van der Waals surface area contributed by atoms with Gasteiger partial charge in [0.05, 0.1) is 16.8 Å². The van der Waals surface area contributed by atoms with Gasteiger partial charge in [0.15, 0.2) is 0 Å². The Morgan fingerprint density at radius 1 is 0.800 bits per heavy atom. The summed E-state index contributed by atoms with van der Waals surface area (Å²) in [6, 6.07) is 22.8. The van der Waals surface area contributed by atoms with E-state index in [0.717, 1.165) is 38.7 Å². The molecule has 25 heavy (non-hydrogen) atoms. The number of benzene rings is 3. The van der Waals surface area contributed by atoms with E-state index in [4.69, 9.17) is 0 Å². The maximum Gasteiger partial charge on any atom is 0.263 e. The summed E-state index contributed by atoms with van der Waals surface area (Å²) in [6.45, 7) is 4.14. The van der Waals surface area contributed by atoms with Gasteiger partial charge in [0.25, 0.3) is 5.91 Å². The summed E-state index contributed by atoms with van der Waals surface area (Å²) in [4.78, 5) is 13.2. The molecule has 1 aromatic heterocycles. The lowest BCUT2D eigenvalue weighted by atomic mass is 9.97. The Kier molecular flexibility index (Phi) is 2.81. The maximum absolute atomic E-state index is 13.2. The van der Waals surface area contributed by atoms with Crippen molar-refractivity contribution in [2.24, 2.45) is 0 Å². The zero-order valence-electron chi connectivity index (χ0n) is 14.2. The molecular formula is C23H17NO. The fourth-order valence-electron chi connectivity index (χ4n) is 3.96. The van der Waals surface area contributed by atoms with Crippen LogP contribution in [0.5, 0.6) is 0 Å². The molecule has 0 N–H and O–H groups in total. The molecule has 0 amide bonds. The molecule has 5 rings (SSSR count). The van der Waals surface area contributed by atoms with Crippen molar-refractivity contribution in [2.75, 3.05) is 0 Å². The van der Waals surface area contributed by atoms with Crippen molar-refractivity contribution in [1.82, 2.24) is 4.57 Å². The van der Waals surface area contributed by atoms with Crippen molar-refractivity contribution in [3.05, 3.63) is 83.6 Å². The van der Waals surface area contributed by atoms with E-state index >= 15 is 0 Å². The molecule has 0 fully saturated rings. The lowest BCUT2D eigenvalue weighted by molar-refractivity contribution is 0.0989. The van der Waals surface area contributed by atoms with E-state index in [1.807, 2.05) is 28.8 Å². The van der Waals surface area contributed by atoms with Gasteiger partial charge in [-0.15, -0.1) is 0 Å². The topological polar surface area (TPSA) is 22.0 Å². The van der Waals surface area contributed by atoms with Crippen molar-refractivity contribution in [2.45, 2.75) is 13.8 Å². The predicted molar refractivity (Wildman–Crippen MR) is 104 cm³/mol. The molecule has 0 bridgehead atoms. The third-order valence-corrected chi connectivity index (χ3v) is 5.28. The lowest BCUT2D eigenvalue weighted by Crippen LogP contribution is -2.08. The van der Waals surface area contributed by atoms with E-state index in [0.29, 0.717) is 0 Å². The molecule has 1 aliphatic rings. The molecule has 0 atom stereocenters. The van der Waals surface area contributed by atoms with Crippen molar-refractivity contribution >= 4 is 38.7 Å². The standard InChI is InChI=1S/C23H17NO/c1-14-6-5-9-20-19(14)13-21-15(2)22(23(25)24(20)21)18-11-10-16-7-3-4-8-17(16)12-18/h3-13H,1-2H3. The molecule has 120 valence electrons. The van der Waals surface area contributed by atoms with Crippen LogP contribution in [0, 0.1) is 6.92 Å². The van der Waals surface area contributed by atoms with E-state index in [2.05, 4.69) is 56.3 Å². The quantitative estimate of drug-likeness (QED) is 0.441. The van der Waals surface area contributed by atoms with Gasteiger partial charge in [0.2, 0.25) is 0 Å².